The minimum Gasteiger partial charge on any atom is -0.451 e. The van der Waals surface area contributed by atoms with Crippen molar-refractivity contribution in [2.75, 3.05) is 25.6 Å². The topological polar surface area (TPSA) is 82.4 Å². The second-order valence-corrected chi connectivity index (χ2v) is 7.17. The molecular weight excluding hydrogens is 342 g/mol. The molecule has 1 aromatic carbocycles. The number of esters is 1. The molecule has 1 N–H and O–H groups in total. The Hall–Kier alpha value is -2.81. The summed E-state index contributed by atoms with van der Waals surface area (Å²) in [6.07, 6.45) is 5.80. The Balaban J connectivity index is 1.90. The number of rotatable bonds is 6. The Labute approximate surface area is 160 Å². The number of anilines is 1. The first-order chi connectivity index (χ1) is 12.9. The third kappa shape index (κ3) is 6.14. The molecule has 6 heteroatoms. The number of hydrogen-bond acceptors (Lipinski definition) is 5. The van der Waals surface area contributed by atoms with Crippen molar-refractivity contribution in [2.24, 2.45) is 5.92 Å². The van der Waals surface area contributed by atoms with Crippen LogP contribution in [0.3, 0.4) is 0 Å². The van der Waals surface area contributed by atoms with E-state index in [-0.39, 0.29) is 24.1 Å². The summed E-state index contributed by atoms with van der Waals surface area (Å²) in [6, 6.07) is 9.40. The average molecular weight is 369 g/mol. The molecule has 6 nitrogen and oxygen atoms in total. The van der Waals surface area contributed by atoms with Crippen molar-refractivity contribution in [3.05, 3.63) is 35.4 Å². The molecule has 1 aromatic rings. The molecule has 0 aromatic heterocycles. The average Bonchev–Trinajstić information content (AvgIpc) is 2.66. The fourth-order valence-corrected chi connectivity index (χ4v) is 3.16. The predicted octanol–water partition coefficient (Wildman–Crippen LogP) is 2.90. The van der Waals surface area contributed by atoms with Gasteiger partial charge in [0, 0.05) is 25.8 Å². The van der Waals surface area contributed by atoms with Gasteiger partial charge in [-0.3, -0.25) is 4.79 Å². The van der Waals surface area contributed by atoms with Crippen LogP contribution in [-0.2, 0) is 14.3 Å². The maximum Gasteiger partial charge on any atom is 0.349 e. The predicted molar refractivity (Wildman–Crippen MR) is 105 cm³/mol. The molecule has 2 atom stereocenters. The number of amides is 1. The SMILES string of the molecule is C[C@@H]1CCCC[C@@H]1NC(=O)COC(=O)/C(C#N)=C/c1ccc(N(C)C)cc1. The van der Waals surface area contributed by atoms with Crippen LogP contribution in [0.1, 0.15) is 38.2 Å². The van der Waals surface area contributed by atoms with E-state index in [1.165, 1.54) is 12.5 Å². The number of nitrogens with zero attached hydrogens (tertiary/aromatic N) is 2. The summed E-state index contributed by atoms with van der Waals surface area (Å²) >= 11 is 0. The molecule has 0 heterocycles. The van der Waals surface area contributed by atoms with Crippen molar-refractivity contribution in [1.82, 2.24) is 5.32 Å². The Morgan fingerprint density at radius 1 is 1.26 bits per heavy atom. The van der Waals surface area contributed by atoms with Crippen LogP contribution in [0, 0.1) is 17.2 Å². The Kier molecular flexibility index (Phi) is 7.42. The summed E-state index contributed by atoms with van der Waals surface area (Å²) in [5.74, 6) is -0.686. The van der Waals surface area contributed by atoms with Crippen molar-refractivity contribution in [3.63, 3.8) is 0 Å². The molecule has 27 heavy (non-hydrogen) atoms. The Morgan fingerprint density at radius 2 is 1.93 bits per heavy atom. The third-order valence-corrected chi connectivity index (χ3v) is 4.85. The first-order valence-corrected chi connectivity index (χ1v) is 9.26. The van der Waals surface area contributed by atoms with Gasteiger partial charge in [-0.25, -0.2) is 4.79 Å². The molecule has 1 aliphatic rings. The van der Waals surface area contributed by atoms with Crippen molar-refractivity contribution in [2.45, 2.75) is 38.6 Å². The van der Waals surface area contributed by atoms with Crippen LogP contribution in [0.15, 0.2) is 29.8 Å². The highest BCUT2D eigenvalue weighted by Gasteiger charge is 2.23. The van der Waals surface area contributed by atoms with E-state index in [0.717, 1.165) is 30.5 Å². The van der Waals surface area contributed by atoms with E-state index in [9.17, 15) is 14.9 Å². The van der Waals surface area contributed by atoms with E-state index in [1.807, 2.05) is 49.3 Å². The van der Waals surface area contributed by atoms with Crippen LogP contribution < -0.4 is 10.2 Å². The molecule has 0 aliphatic heterocycles. The fraction of sp³-hybridized carbons (Fsp3) is 0.476. The minimum atomic E-state index is -0.791. The summed E-state index contributed by atoms with van der Waals surface area (Å²) in [4.78, 5) is 26.1. The number of carbonyl (C=O) groups excluding carboxylic acids is 2. The largest absolute Gasteiger partial charge is 0.451 e. The normalized spacial score (nSPS) is 19.7. The second-order valence-electron chi connectivity index (χ2n) is 7.17. The standard InChI is InChI=1S/C21H27N3O3/c1-15-6-4-5-7-19(15)23-20(25)14-27-21(26)17(13-22)12-16-8-10-18(11-9-16)24(2)3/h8-12,15,19H,4-7,14H2,1-3H3,(H,23,25)/b17-12+/t15-,19+/m1/s1. The van der Waals surface area contributed by atoms with Crippen LogP contribution in [0.5, 0.6) is 0 Å². The van der Waals surface area contributed by atoms with Gasteiger partial charge in [0.25, 0.3) is 5.91 Å². The lowest BCUT2D eigenvalue weighted by Gasteiger charge is -2.29. The molecule has 1 fully saturated rings. The molecule has 2 rings (SSSR count). The smallest absolute Gasteiger partial charge is 0.349 e. The van der Waals surface area contributed by atoms with E-state index in [1.54, 1.807) is 0 Å². The first kappa shape index (κ1) is 20.5. The zero-order valence-electron chi connectivity index (χ0n) is 16.2. The zero-order valence-corrected chi connectivity index (χ0v) is 16.2. The summed E-state index contributed by atoms with van der Waals surface area (Å²) in [5.41, 5.74) is 1.60. The Bertz CT molecular complexity index is 732. The highest BCUT2D eigenvalue weighted by Crippen LogP contribution is 2.23. The molecule has 0 spiro atoms. The van der Waals surface area contributed by atoms with Crippen molar-refractivity contribution >= 4 is 23.6 Å². The molecular formula is C21H27N3O3. The molecule has 0 radical (unpaired) electrons. The van der Waals surface area contributed by atoms with Crippen molar-refractivity contribution < 1.29 is 14.3 Å². The Morgan fingerprint density at radius 3 is 2.52 bits per heavy atom. The summed E-state index contributed by atoms with van der Waals surface area (Å²) in [7, 11) is 3.87. The van der Waals surface area contributed by atoms with Crippen LogP contribution in [-0.4, -0.2) is 38.6 Å². The van der Waals surface area contributed by atoms with Gasteiger partial charge in [0.15, 0.2) is 6.61 Å². The van der Waals surface area contributed by atoms with Crippen LogP contribution >= 0.6 is 0 Å². The molecule has 0 saturated heterocycles. The van der Waals surface area contributed by atoms with Crippen molar-refractivity contribution in [1.29, 1.82) is 5.26 Å². The highest BCUT2D eigenvalue weighted by molar-refractivity contribution is 5.98. The van der Waals surface area contributed by atoms with Gasteiger partial charge >= 0.3 is 5.97 Å². The van der Waals surface area contributed by atoms with Gasteiger partial charge in [-0.1, -0.05) is 31.9 Å². The number of nitrogens with one attached hydrogen (secondary N) is 1. The van der Waals surface area contributed by atoms with Gasteiger partial charge in [-0.2, -0.15) is 5.26 Å². The monoisotopic (exact) mass is 369 g/mol. The minimum absolute atomic E-state index is 0.131. The number of benzene rings is 1. The maximum absolute atomic E-state index is 12.1. The lowest BCUT2D eigenvalue weighted by atomic mass is 9.86. The number of ether oxygens (including phenoxy) is 1. The van der Waals surface area contributed by atoms with Crippen LogP contribution in [0.4, 0.5) is 5.69 Å². The van der Waals surface area contributed by atoms with Gasteiger partial charge in [-0.15, -0.1) is 0 Å². The van der Waals surface area contributed by atoms with Gasteiger partial charge in [0.2, 0.25) is 0 Å². The molecule has 0 bridgehead atoms. The molecule has 144 valence electrons. The maximum atomic E-state index is 12.1. The summed E-state index contributed by atoms with van der Waals surface area (Å²) in [6.45, 7) is 1.74. The van der Waals surface area contributed by atoms with Gasteiger partial charge in [0.05, 0.1) is 0 Å². The second kappa shape index (κ2) is 9.77. The van der Waals surface area contributed by atoms with E-state index < -0.39 is 5.97 Å². The lowest BCUT2D eigenvalue weighted by Crippen LogP contribution is -2.42. The van der Waals surface area contributed by atoms with Crippen LogP contribution in [0.2, 0.25) is 0 Å². The summed E-state index contributed by atoms with van der Waals surface area (Å²) < 4.78 is 5.02. The highest BCUT2D eigenvalue weighted by atomic mass is 16.5. The number of nitriles is 1. The molecule has 1 aliphatic carbocycles. The number of hydrogen-bond donors (Lipinski definition) is 1. The van der Waals surface area contributed by atoms with E-state index in [4.69, 9.17) is 4.74 Å². The molecule has 0 unspecified atom stereocenters. The molecule has 1 amide bonds. The van der Waals surface area contributed by atoms with Crippen LogP contribution in [0.25, 0.3) is 6.08 Å². The van der Waals surface area contributed by atoms with E-state index in [2.05, 4.69) is 12.2 Å². The quantitative estimate of drug-likeness (QED) is 0.474. The third-order valence-electron chi connectivity index (χ3n) is 4.85. The fourth-order valence-electron chi connectivity index (χ4n) is 3.16. The van der Waals surface area contributed by atoms with E-state index in [0.29, 0.717) is 5.92 Å². The number of carbonyl (C=O) groups is 2. The van der Waals surface area contributed by atoms with Gasteiger partial charge < -0.3 is 15.0 Å². The molecule has 1 saturated carbocycles. The van der Waals surface area contributed by atoms with Crippen molar-refractivity contribution in [3.8, 4) is 6.07 Å². The lowest BCUT2D eigenvalue weighted by molar-refractivity contribution is -0.144. The van der Waals surface area contributed by atoms with E-state index >= 15 is 0 Å². The zero-order chi connectivity index (χ0) is 19.8. The summed E-state index contributed by atoms with van der Waals surface area (Å²) in [5, 5.41) is 12.2. The first-order valence-electron chi connectivity index (χ1n) is 9.26. The van der Waals surface area contributed by atoms with Gasteiger partial charge in [-0.05, 0) is 42.5 Å². The van der Waals surface area contributed by atoms with Gasteiger partial charge in [0.1, 0.15) is 11.6 Å².